The normalized spacial score (nSPS) is 12.8. The maximum Gasteiger partial charge on any atom is 0.387 e. The lowest BCUT2D eigenvalue weighted by atomic mass is 9.93. The van der Waals surface area contributed by atoms with E-state index >= 15 is 0 Å². The van der Waals surface area contributed by atoms with Crippen molar-refractivity contribution in [1.82, 2.24) is 5.32 Å². The van der Waals surface area contributed by atoms with Crippen LogP contribution < -0.4 is 14.8 Å². The SMILES string of the molecule is COc1cccc([C@@H](C)NC(C)c2cc(-c3ccc(OC(F)F)cc3)c3ccccc3c2)c1.Cl. The van der Waals surface area contributed by atoms with E-state index in [1.54, 1.807) is 19.2 Å². The van der Waals surface area contributed by atoms with E-state index in [0.29, 0.717) is 0 Å². The summed E-state index contributed by atoms with van der Waals surface area (Å²) in [7, 11) is 1.67. The van der Waals surface area contributed by atoms with Crippen LogP contribution in [0.25, 0.3) is 21.9 Å². The van der Waals surface area contributed by atoms with Gasteiger partial charge in [0.1, 0.15) is 11.5 Å². The van der Waals surface area contributed by atoms with Gasteiger partial charge in [0.15, 0.2) is 0 Å². The predicted molar refractivity (Wildman–Crippen MR) is 136 cm³/mol. The van der Waals surface area contributed by atoms with E-state index in [2.05, 4.69) is 54.2 Å². The van der Waals surface area contributed by atoms with Crippen LogP contribution in [0.3, 0.4) is 0 Å². The van der Waals surface area contributed by atoms with Crippen LogP contribution in [0.5, 0.6) is 11.5 Å². The molecule has 2 atom stereocenters. The van der Waals surface area contributed by atoms with Crippen LogP contribution in [-0.2, 0) is 0 Å². The summed E-state index contributed by atoms with van der Waals surface area (Å²) in [6, 6.07) is 27.6. The summed E-state index contributed by atoms with van der Waals surface area (Å²) in [6.07, 6.45) is 0. The fourth-order valence-corrected chi connectivity index (χ4v) is 4.12. The van der Waals surface area contributed by atoms with E-state index in [1.807, 2.05) is 42.5 Å². The summed E-state index contributed by atoms with van der Waals surface area (Å²) >= 11 is 0. The van der Waals surface area contributed by atoms with Crippen LogP contribution in [-0.4, -0.2) is 13.7 Å². The molecule has 178 valence electrons. The second-order valence-electron chi connectivity index (χ2n) is 8.08. The Kier molecular flexibility index (Phi) is 8.48. The zero-order valence-electron chi connectivity index (χ0n) is 19.3. The maximum absolute atomic E-state index is 12.5. The highest BCUT2D eigenvalue weighted by Crippen LogP contribution is 2.34. The summed E-state index contributed by atoms with van der Waals surface area (Å²) in [6.45, 7) is 1.44. The molecule has 0 aliphatic heterocycles. The average Bonchev–Trinajstić information content (AvgIpc) is 2.83. The van der Waals surface area contributed by atoms with Gasteiger partial charge in [-0.3, -0.25) is 0 Å². The van der Waals surface area contributed by atoms with Crippen molar-refractivity contribution < 1.29 is 18.3 Å². The van der Waals surface area contributed by atoms with Crippen molar-refractivity contribution >= 4 is 23.2 Å². The van der Waals surface area contributed by atoms with Crippen LogP contribution in [0.15, 0.2) is 84.9 Å². The molecule has 4 aromatic rings. The van der Waals surface area contributed by atoms with E-state index in [1.165, 1.54) is 0 Å². The van der Waals surface area contributed by atoms with E-state index < -0.39 is 6.61 Å². The Balaban J connectivity index is 0.00000324. The van der Waals surface area contributed by atoms with Crippen LogP contribution in [0.1, 0.15) is 37.1 Å². The van der Waals surface area contributed by atoms with Gasteiger partial charge in [-0.2, -0.15) is 8.78 Å². The van der Waals surface area contributed by atoms with Gasteiger partial charge in [0.25, 0.3) is 0 Å². The molecule has 0 saturated heterocycles. The van der Waals surface area contributed by atoms with Crippen molar-refractivity contribution in [2.24, 2.45) is 0 Å². The van der Waals surface area contributed by atoms with Gasteiger partial charge in [-0.1, -0.05) is 48.5 Å². The molecule has 34 heavy (non-hydrogen) atoms. The number of rotatable bonds is 8. The monoisotopic (exact) mass is 483 g/mol. The predicted octanol–water partition coefficient (Wildman–Crippen LogP) is 7.95. The van der Waals surface area contributed by atoms with Crippen molar-refractivity contribution in [3.8, 4) is 22.6 Å². The minimum atomic E-state index is -2.83. The average molecular weight is 484 g/mol. The first-order chi connectivity index (χ1) is 15.9. The summed E-state index contributed by atoms with van der Waals surface area (Å²) in [4.78, 5) is 0. The number of benzene rings is 4. The number of halogens is 3. The Morgan fingerprint density at radius 1 is 0.735 bits per heavy atom. The second-order valence-corrected chi connectivity index (χ2v) is 8.08. The van der Waals surface area contributed by atoms with Crippen LogP contribution >= 0.6 is 12.4 Å². The zero-order chi connectivity index (χ0) is 23.4. The quantitative estimate of drug-likeness (QED) is 0.276. The molecule has 0 aliphatic rings. The third-order valence-electron chi connectivity index (χ3n) is 5.87. The zero-order valence-corrected chi connectivity index (χ0v) is 20.1. The van der Waals surface area contributed by atoms with Gasteiger partial charge in [-0.25, -0.2) is 0 Å². The lowest BCUT2D eigenvalue weighted by molar-refractivity contribution is -0.0498. The molecule has 1 unspecified atom stereocenters. The molecule has 3 nitrogen and oxygen atoms in total. The summed E-state index contributed by atoms with van der Waals surface area (Å²) in [5.74, 6) is 0.984. The fraction of sp³-hybridized carbons (Fsp3) is 0.214. The molecule has 0 aliphatic carbocycles. The molecule has 4 rings (SSSR count). The first kappa shape index (κ1) is 25.5. The lowest BCUT2D eigenvalue weighted by Gasteiger charge is -2.22. The van der Waals surface area contributed by atoms with E-state index in [9.17, 15) is 8.78 Å². The number of nitrogens with one attached hydrogen (secondary N) is 1. The molecule has 1 N–H and O–H groups in total. The Hall–Kier alpha value is -3.15. The molecule has 0 spiro atoms. The number of methoxy groups -OCH3 is 1. The largest absolute Gasteiger partial charge is 0.497 e. The van der Waals surface area contributed by atoms with Crippen molar-refractivity contribution in [1.29, 1.82) is 0 Å². The van der Waals surface area contributed by atoms with Crippen LogP contribution in [0, 0.1) is 0 Å². The fourth-order valence-electron chi connectivity index (χ4n) is 4.12. The molecule has 6 heteroatoms. The van der Waals surface area contributed by atoms with Gasteiger partial charge >= 0.3 is 6.61 Å². The molecular weight excluding hydrogens is 456 g/mol. The minimum Gasteiger partial charge on any atom is -0.497 e. The maximum atomic E-state index is 12.5. The van der Waals surface area contributed by atoms with Crippen molar-refractivity contribution in [2.75, 3.05) is 7.11 Å². The Morgan fingerprint density at radius 3 is 2.15 bits per heavy atom. The summed E-state index contributed by atoms with van der Waals surface area (Å²) in [5, 5.41) is 5.91. The topological polar surface area (TPSA) is 30.5 Å². The Bertz CT molecular complexity index is 1230. The highest BCUT2D eigenvalue weighted by Gasteiger charge is 2.15. The first-order valence-corrected chi connectivity index (χ1v) is 10.9. The number of hydrogen-bond acceptors (Lipinski definition) is 3. The summed E-state index contributed by atoms with van der Waals surface area (Å²) < 4.78 is 34.9. The number of alkyl halides is 2. The standard InChI is InChI=1S/C28H27F2NO2.ClH/c1-18(21-8-6-9-25(16-21)32-3)31-19(2)23-15-22-7-4-5-10-26(22)27(17-23)20-11-13-24(14-12-20)33-28(29)30;/h4-19,28,31H,1-3H3;1H/t18-,19?;/m1./s1. The van der Waals surface area contributed by atoms with Gasteiger partial charge < -0.3 is 14.8 Å². The molecule has 0 saturated carbocycles. The van der Waals surface area contributed by atoms with E-state index in [-0.39, 0.29) is 30.2 Å². The number of hydrogen-bond donors (Lipinski definition) is 1. The number of fused-ring (bicyclic) bond motifs is 1. The molecule has 0 radical (unpaired) electrons. The molecule has 0 heterocycles. The highest BCUT2D eigenvalue weighted by atomic mass is 35.5. The highest BCUT2D eigenvalue weighted by molar-refractivity contribution is 5.97. The molecule has 0 bridgehead atoms. The molecule has 0 amide bonds. The third kappa shape index (κ3) is 5.85. The molecule has 4 aromatic carbocycles. The van der Waals surface area contributed by atoms with E-state index in [0.717, 1.165) is 38.8 Å². The first-order valence-electron chi connectivity index (χ1n) is 10.9. The third-order valence-corrected chi connectivity index (χ3v) is 5.87. The van der Waals surface area contributed by atoms with Gasteiger partial charge in [0.05, 0.1) is 7.11 Å². The Morgan fingerprint density at radius 2 is 1.44 bits per heavy atom. The summed E-state index contributed by atoms with van der Waals surface area (Å²) in [5.41, 5.74) is 4.29. The molecule has 0 aromatic heterocycles. The minimum absolute atomic E-state index is 0. The van der Waals surface area contributed by atoms with Crippen LogP contribution in [0.2, 0.25) is 0 Å². The van der Waals surface area contributed by atoms with Crippen molar-refractivity contribution in [3.63, 3.8) is 0 Å². The molecular formula is C28H28ClF2NO2. The lowest BCUT2D eigenvalue weighted by Crippen LogP contribution is -2.22. The van der Waals surface area contributed by atoms with Crippen molar-refractivity contribution in [3.05, 3.63) is 96.1 Å². The van der Waals surface area contributed by atoms with Crippen molar-refractivity contribution in [2.45, 2.75) is 32.5 Å². The van der Waals surface area contributed by atoms with Gasteiger partial charge in [0.2, 0.25) is 0 Å². The number of ether oxygens (including phenoxy) is 2. The van der Waals surface area contributed by atoms with Crippen LogP contribution in [0.4, 0.5) is 8.78 Å². The van der Waals surface area contributed by atoms with Gasteiger partial charge in [-0.05, 0) is 83.3 Å². The second kappa shape index (κ2) is 11.3. The van der Waals surface area contributed by atoms with Gasteiger partial charge in [0, 0.05) is 12.1 Å². The van der Waals surface area contributed by atoms with E-state index in [4.69, 9.17) is 4.74 Å². The Labute approximate surface area is 205 Å². The smallest absolute Gasteiger partial charge is 0.387 e. The van der Waals surface area contributed by atoms with Gasteiger partial charge in [-0.15, -0.1) is 12.4 Å². The molecule has 0 fully saturated rings.